The minimum atomic E-state index is -0.368. The summed E-state index contributed by atoms with van der Waals surface area (Å²) >= 11 is 6.05. The van der Waals surface area contributed by atoms with Gasteiger partial charge in [0, 0.05) is 24.7 Å². The Labute approximate surface area is 122 Å². The monoisotopic (exact) mass is 299 g/mol. The van der Waals surface area contributed by atoms with Crippen LogP contribution in [-0.4, -0.2) is 34.8 Å². The first-order chi connectivity index (χ1) is 9.35. The van der Waals surface area contributed by atoms with Crippen LogP contribution in [0.1, 0.15) is 24.6 Å². The van der Waals surface area contributed by atoms with Crippen molar-refractivity contribution in [2.45, 2.75) is 26.3 Å². The molecular formula is C13H18ClN3O3. The summed E-state index contributed by atoms with van der Waals surface area (Å²) in [6, 6.07) is -0.301. The Morgan fingerprint density at radius 1 is 1.55 bits per heavy atom. The van der Waals surface area contributed by atoms with E-state index in [1.54, 1.807) is 20.0 Å². The second-order valence-corrected chi connectivity index (χ2v) is 4.79. The highest BCUT2D eigenvalue weighted by Gasteiger charge is 2.11. The van der Waals surface area contributed by atoms with E-state index in [9.17, 15) is 9.59 Å². The molecule has 7 heteroatoms. The van der Waals surface area contributed by atoms with Gasteiger partial charge >= 0.3 is 5.97 Å². The number of carbonyl (C=O) groups excluding carboxylic acids is 2. The van der Waals surface area contributed by atoms with Crippen molar-refractivity contribution in [2.24, 2.45) is 7.05 Å². The molecule has 1 aromatic rings. The van der Waals surface area contributed by atoms with E-state index >= 15 is 0 Å². The Hall–Kier alpha value is -1.82. The number of halogens is 1. The van der Waals surface area contributed by atoms with Gasteiger partial charge in [-0.2, -0.15) is 5.10 Å². The van der Waals surface area contributed by atoms with Gasteiger partial charge in [0.1, 0.15) is 5.15 Å². The summed E-state index contributed by atoms with van der Waals surface area (Å²) < 4.78 is 6.07. The number of nitrogens with zero attached hydrogens (tertiary/aromatic N) is 2. The lowest BCUT2D eigenvalue weighted by Gasteiger charge is -2.10. The molecule has 0 saturated heterocycles. The molecule has 0 fully saturated rings. The van der Waals surface area contributed by atoms with Crippen molar-refractivity contribution in [2.75, 3.05) is 7.11 Å². The van der Waals surface area contributed by atoms with Crippen LogP contribution in [0.4, 0.5) is 0 Å². The summed E-state index contributed by atoms with van der Waals surface area (Å²) in [4.78, 5) is 22.8. The van der Waals surface area contributed by atoms with Crippen LogP contribution >= 0.6 is 11.6 Å². The Bertz CT molecular complexity index is 537. The molecule has 0 spiro atoms. The minimum absolute atomic E-state index is 0.128. The van der Waals surface area contributed by atoms with Crippen molar-refractivity contribution < 1.29 is 14.3 Å². The molecule has 6 nitrogen and oxygen atoms in total. The predicted octanol–water partition coefficient (Wildman–Crippen LogP) is 1.46. The number of nitrogens with one attached hydrogen (secondary N) is 1. The number of aromatic nitrogens is 2. The standard InChI is InChI=1S/C13H18ClN3O3/c1-8(7-12(19)20-4)15-11(18)6-5-10-9(2)16-17(3)13(10)14/h5-6,8H,7H2,1-4H3,(H,15,18)/b6-5+. The van der Waals surface area contributed by atoms with Crippen LogP contribution in [0.25, 0.3) is 6.08 Å². The zero-order valence-corrected chi connectivity index (χ0v) is 12.7. The fraction of sp³-hybridized carbons (Fsp3) is 0.462. The van der Waals surface area contributed by atoms with E-state index in [1.807, 2.05) is 6.92 Å². The molecule has 0 saturated carbocycles. The molecule has 1 rings (SSSR count). The topological polar surface area (TPSA) is 73.2 Å². The summed E-state index contributed by atoms with van der Waals surface area (Å²) in [5, 5.41) is 7.27. The Morgan fingerprint density at radius 2 is 2.20 bits per heavy atom. The molecule has 0 aliphatic rings. The molecule has 0 radical (unpaired) electrons. The third-order valence-corrected chi connectivity index (χ3v) is 3.13. The molecule has 20 heavy (non-hydrogen) atoms. The highest BCUT2D eigenvalue weighted by Crippen LogP contribution is 2.19. The second-order valence-electron chi connectivity index (χ2n) is 4.44. The van der Waals surface area contributed by atoms with Crippen molar-refractivity contribution >= 4 is 29.6 Å². The average Bonchev–Trinajstić information content (AvgIpc) is 2.60. The van der Waals surface area contributed by atoms with Crippen LogP contribution in [0.5, 0.6) is 0 Å². The highest BCUT2D eigenvalue weighted by atomic mass is 35.5. The van der Waals surface area contributed by atoms with Gasteiger partial charge in [-0.05, 0) is 19.9 Å². The van der Waals surface area contributed by atoms with E-state index < -0.39 is 0 Å². The van der Waals surface area contributed by atoms with E-state index in [1.165, 1.54) is 17.9 Å². The molecule has 0 aromatic carbocycles. The van der Waals surface area contributed by atoms with Crippen molar-refractivity contribution in [1.29, 1.82) is 0 Å². The molecule has 0 aliphatic carbocycles. The molecule has 1 N–H and O–H groups in total. The van der Waals surface area contributed by atoms with Crippen molar-refractivity contribution in [3.05, 3.63) is 22.5 Å². The zero-order chi connectivity index (χ0) is 15.3. The highest BCUT2D eigenvalue weighted by molar-refractivity contribution is 6.31. The van der Waals surface area contributed by atoms with Crippen molar-refractivity contribution in [3.8, 4) is 0 Å². The average molecular weight is 300 g/mol. The largest absolute Gasteiger partial charge is 0.469 e. The number of carbonyl (C=O) groups is 2. The van der Waals surface area contributed by atoms with E-state index in [2.05, 4.69) is 15.2 Å². The molecule has 0 bridgehead atoms. The summed E-state index contributed by atoms with van der Waals surface area (Å²) in [5.74, 6) is -0.673. The molecule has 1 amide bonds. The van der Waals surface area contributed by atoms with Crippen LogP contribution in [0, 0.1) is 6.92 Å². The van der Waals surface area contributed by atoms with Crippen LogP contribution in [0.2, 0.25) is 5.15 Å². The van der Waals surface area contributed by atoms with Gasteiger partial charge in [0.25, 0.3) is 0 Å². The Balaban J connectivity index is 2.62. The first kappa shape index (κ1) is 16.2. The van der Waals surface area contributed by atoms with Gasteiger partial charge in [0.15, 0.2) is 0 Å². The lowest BCUT2D eigenvalue weighted by atomic mass is 10.2. The number of hydrogen-bond acceptors (Lipinski definition) is 4. The van der Waals surface area contributed by atoms with E-state index in [0.717, 1.165) is 5.69 Å². The van der Waals surface area contributed by atoms with Crippen LogP contribution in [0.15, 0.2) is 6.08 Å². The van der Waals surface area contributed by atoms with Gasteiger partial charge in [-0.25, -0.2) is 0 Å². The lowest BCUT2D eigenvalue weighted by molar-refractivity contribution is -0.141. The number of aryl methyl sites for hydroxylation is 2. The predicted molar refractivity (Wildman–Crippen MR) is 76.2 cm³/mol. The number of amides is 1. The number of ether oxygens (including phenoxy) is 1. The third-order valence-electron chi connectivity index (χ3n) is 2.69. The van der Waals surface area contributed by atoms with Crippen LogP contribution in [0.3, 0.4) is 0 Å². The van der Waals surface area contributed by atoms with Crippen molar-refractivity contribution in [1.82, 2.24) is 15.1 Å². The van der Waals surface area contributed by atoms with Crippen molar-refractivity contribution in [3.63, 3.8) is 0 Å². The van der Waals surface area contributed by atoms with E-state index in [4.69, 9.17) is 11.6 Å². The molecule has 1 heterocycles. The number of hydrogen-bond donors (Lipinski definition) is 1. The maximum atomic E-state index is 11.7. The van der Waals surface area contributed by atoms with Crippen LogP contribution < -0.4 is 5.32 Å². The SMILES string of the molecule is COC(=O)CC(C)NC(=O)/C=C/c1c(C)nn(C)c1Cl. The third kappa shape index (κ3) is 4.38. The molecule has 1 aromatic heterocycles. The molecule has 1 unspecified atom stereocenters. The van der Waals surface area contributed by atoms with Gasteiger partial charge < -0.3 is 10.1 Å². The van der Waals surface area contributed by atoms with Gasteiger partial charge in [0.05, 0.1) is 19.2 Å². The Kier molecular flexibility index (Phi) is 5.76. The fourth-order valence-corrected chi connectivity index (χ4v) is 1.91. The van der Waals surface area contributed by atoms with E-state index in [-0.39, 0.29) is 24.3 Å². The molecular weight excluding hydrogens is 282 g/mol. The summed E-state index contributed by atoms with van der Waals surface area (Å²) in [6.07, 6.45) is 3.09. The zero-order valence-electron chi connectivity index (χ0n) is 11.9. The lowest BCUT2D eigenvalue weighted by Crippen LogP contribution is -2.33. The minimum Gasteiger partial charge on any atom is -0.469 e. The quantitative estimate of drug-likeness (QED) is 0.660. The molecule has 1 atom stereocenters. The second kappa shape index (κ2) is 7.09. The Morgan fingerprint density at radius 3 is 2.70 bits per heavy atom. The summed E-state index contributed by atoms with van der Waals surface area (Å²) in [7, 11) is 3.04. The first-order valence-corrected chi connectivity index (χ1v) is 6.47. The van der Waals surface area contributed by atoms with Gasteiger partial charge in [-0.3, -0.25) is 14.3 Å². The number of methoxy groups -OCH3 is 1. The van der Waals surface area contributed by atoms with Crippen LogP contribution in [-0.2, 0) is 21.4 Å². The maximum absolute atomic E-state index is 11.7. The summed E-state index contributed by atoms with van der Waals surface area (Å²) in [6.45, 7) is 3.54. The molecule has 0 aliphatic heterocycles. The van der Waals surface area contributed by atoms with Gasteiger partial charge in [-0.1, -0.05) is 11.6 Å². The number of esters is 1. The van der Waals surface area contributed by atoms with E-state index in [0.29, 0.717) is 10.7 Å². The first-order valence-electron chi connectivity index (χ1n) is 6.09. The fourth-order valence-electron chi connectivity index (χ4n) is 1.67. The normalized spacial score (nSPS) is 12.4. The van der Waals surface area contributed by atoms with Gasteiger partial charge in [0.2, 0.25) is 5.91 Å². The van der Waals surface area contributed by atoms with Gasteiger partial charge in [-0.15, -0.1) is 0 Å². The molecule has 110 valence electrons. The summed E-state index contributed by atoms with van der Waals surface area (Å²) in [5.41, 5.74) is 1.44. The smallest absolute Gasteiger partial charge is 0.307 e. The number of rotatable bonds is 5. The maximum Gasteiger partial charge on any atom is 0.307 e.